The van der Waals surface area contributed by atoms with Gasteiger partial charge in [-0.15, -0.1) is 0 Å². The van der Waals surface area contributed by atoms with Crippen molar-refractivity contribution in [2.75, 3.05) is 0 Å². The first-order chi connectivity index (χ1) is 4.16. The van der Waals surface area contributed by atoms with Crippen molar-refractivity contribution in [2.24, 2.45) is 0 Å². The zero-order chi connectivity index (χ0) is 6.91. The van der Waals surface area contributed by atoms with Gasteiger partial charge in [0.25, 0.3) is 0 Å². The maximum Gasteiger partial charge on any atom is 0.124 e. The molecule has 1 fully saturated rings. The van der Waals surface area contributed by atoms with Crippen molar-refractivity contribution in [1.82, 2.24) is 0 Å². The molecule has 9 heavy (non-hydrogen) atoms. The molecule has 0 aromatic heterocycles. The molecule has 0 N–H and O–H groups in total. The maximum atomic E-state index is 5.39. The van der Waals surface area contributed by atoms with Crippen molar-refractivity contribution in [2.45, 2.75) is 25.4 Å². The highest BCUT2D eigenvalue weighted by molar-refractivity contribution is 5.05. The molecule has 0 bridgehead atoms. The van der Waals surface area contributed by atoms with Gasteiger partial charge >= 0.3 is 0 Å². The second kappa shape index (κ2) is 1.90. The van der Waals surface area contributed by atoms with Crippen molar-refractivity contribution in [3.05, 3.63) is 25.0 Å². The minimum absolute atomic E-state index is 0.128. The van der Waals surface area contributed by atoms with E-state index in [4.69, 9.17) is 4.74 Å². The lowest BCUT2D eigenvalue weighted by atomic mass is 10.0. The van der Waals surface area contributed by atoms with Gasteiger partial charge in [0.05, 0.1) is 5.76 Å². The molecule has 1 unspecified atom stereocenters. The quantitative estimate of drug-likeness (QED) is 0.487. The molecule has 0 amide bonds. The van der Waals surface area contributed by atoms with E-state index < -0.39 is 0 Å². The van der Waals surface area contributed by atoms with E-state index in [1.54, 1.807) is 0 Å². The van der Waals surface area contributed by atoms with Gasteiger partial charge in [-0.2, -0.15) is 0 Å². The van der Waals surface area contributed by atoms with Crippen LogP contribution >= 0.6 is 0 Å². The molecular weight excluding hydrogens is 112 g/mol. The van der Waals surface area contributed by atoms with Gasteiger partial charge in [-0.1, -0.05) is 13.2 Å². The molecule has 1 rings (SSSR count). The van der Waals surface area contributed by atoms with Crippen LogP contribution in [0.1, 0.15) is 19.8 Å². The van der Waals surface area contributed by atoms with Gasteiger partial charge in [0.15, 0.2) is 0 Å². The molecule has 1 heteroatoms. The Bertz CT molecular complexity index is 149. The summed E-state index contributed by atoms with van der Waals surface area (Å²) in [6.45, 7) is 9.44. The van der Waals surface area contributed by atoms with E-state index in [0.717, 1.165) is 18.6 Å². The molecule has 0 radical (unpaired) electrons. The smallest absolute Gasteiger partial charge is 0.124 e. The molecular formula is C8H12O. The summed E-state index contributed by atoms with van der Waals surface area (Å²) >= 11 is 0. The molecule has 1 aliphatic heterocycles. The Morgan fingerprint density at radius 1 is 1.78 bits per heavy atom. The Kier molecular flexibility index (Phi) is 1.35. The SMILES string of the molecule is C=CC1(C)CCC(=C)O1. The Hall–Kier alpha value is -0.720. The van der Waals surface area contributed by atoms with Crippen molar-refractivity contribution < 1.29 is 4.74 Å². The largest absolute Gasteiger partial charge is 0.488 e. The summed E-state index contributed by atoms with van der Waals surface area (Å²) in [5.41, 5.74) is -0.128. The van der Waals surface area contributed by atoms with E-state index in [1.807, 2.05) is 13.0 Å². The van der Waals surface area contributed by atoms with E-state index in [2.05, 4.69) is 13.2 Å². The standard InChI is InChI=1S/C8H12O/c1-4-8(3)6-5-7(2)9-8/h4H,1-2,5-6H2,3H3. The Balaban J connectivity index is 2.65. The molecule has 0 saturated carbocycles. The summed E-state index contributed by atoms with van der Waals surface area (Å²) in [7, 11) is 0. The average molecular weight is 124 g/mol. The van der Waals surface area contributed by atoms with Gasteiger partial charge in [-0.3, -0.25) is 0 Å². The summed E-state index contributed by atoms with van der Waals surface area (Å²) in [6.07, 6.45) is 3.84. The van der Waals surface area contributed by atoms with E-state index in [0.29, 0.717) is 0 Å². The van der Waals surface area contributed by atoms with Gasteiger partial charge in [0, 0.05) is 6.42 Å². The number of allylic oxidation sites excluding steroid dienone is 1. The van der Waals surface area contributed by atoms with Gasteiger partial charge in [-0.05, 0) is 19.4 Å². The topological polar surface area (TPSA) is 9.23 Å². The van der Waals surface area contributed by atoms with Crippen LogP contribution < -0.4 is 0 Å². The lowest BCUT2D eigenvalue weighted by Gasteiger charge is -2.17. The Labute approximate surface area is 56.0 Å². The first-order valence-corrected chi connectivity index (χ1v) is 3.17. The fraction of sp³-hybridized carbons (Fsp3) is 0.500. The number of rotatable bonds is 1. The monoisotopic (exact) mass is 124 g/mol. The molecule has 0 aliphatic carbocycles. The molecule has 0 aromatic carbocycles. The predicted molar refractivity (Wildman–Crippen MR) is 38.1 cm³/mol. The molecule has 1 atom stereocenters. The van der Waals surface area contributed by atoms with Crippen LogP contribution in [0.15, 0.2) is 25.0 Å². The second-order valence-corrected chi connectivity index (χ2v) is 2.66. The van der Waals surface area contributed by atoms with E-state index in [9.17, 15) is 0 Å². The fourth-order valence-corrected chi connectivity index (χ4v) is 0.963. The van der Waals surface area contributed by atoms with E-state index in [-0.39, 0.29) is 5.60 Å². The highest BCUT2D eigenvalue weighted by Crippen LogP contribution is 2.31. The second-order valence-electron chi connectivity index (χ2n) is 2.66. The van der Waals surface area contributed by atoms with Gasteiger partial charge in [0.1, 0.15) is 5.60 Å². The molecule has 1 saturated heterocycles. The highest BCUT2D eigenvalue weighted by atomic mass is 16.5. The van der Waals surface area contributed by atoms with Crippen molar-refractivity contribution >= 4 is 0 Å². The third-order valence-corrected chi connectivity index (χ3v) is 1.71. The maximum absolute atomic E-state index is 5.39. The summed E-state index contributed by atoms with van der Waals surface area (Å²) in [5.74, 6) is 0.886. The summed E-state index contributed by atoms with van der Waals surface area (Å²) in [5, 5.41) is 0. The van der Waals surface area contributed by atoms with Gasteiger partial charge in [0.2, 0.25) is 0 Å². The van der Waals surface area contributed by atoms with Crippen molar-refractivity contribution in [1.29, 1.82) is 0 Å². The normalized spacial score (nSPS) is 34.1. The number of hydrogen-bond acceptors (Lipinski definition) is 1. The minimum Gasteiger partial charge on any atom is -0.488 e. The average Bonchev–Trinajstić information content (AvgIpc) is 2.13. The Morgan fingerprint density at radius 3 is 2.67 bits per heavy atom. The third kappa shape index (κ3) is 1.15. The van der Waals surface area contributed by atoms with Gasteiger partial charge < -0.3 is 4.74 Å². The van der Waals surface area contributed by atoms with Crippen molar-refractivity contribution in [3.63, 3.8) is 0 Å². The van der Waals surface area contributed by atoms with Gasteiger partial charge in [-0.25, -0.2) is 0 Å². The van der Waals surface area contributed by atoms with Crippen LogP contribution in [-0.2, 0) is 4.74 Å². The molecule has 1 aliphatic rings. The lowest BCUT2D eigenvalue weighted by Crippen LogP contribution is -2.17. The zero-order valence-corrected chi connectivity index (χ0v) is 5.81. The first-order valence-electron chi connectivity index (χ1n) is 3.17. The van der Waals surface area contributed by atoms with E-state index in [1.165, 1.54) is 0 Å². The third-order valence-electron chi connectivity index (χ3n) is 1.71. The van der Waals surface area contributed by atoms with Crippen LogP contribution in [0, 0.1) is 0 Å². The number of ether oxygens (including phenoxy) is 1. The van der Waals surface area contributed by atoms with E-state index >= 15 is 0 Å². The highest BCUT2D eigenvalue weighted by Gasteiger charge is 2.28. The van der Waals surface area contributed by atoms with Crippen LogP contribution in [0.4, 0.5) is 0 Å². The summed E-state index contributed by atoms with van der Waals surface area (Å²) < 4.78 is 5.39. The molecule has 1 heterocycles. The van der Waals surface area contributed by atoms with Crippen LogP contribution in [-0.4, -0.2) is 5.60 Å². The zero-order valence-electron chi connectivity index (χ0n) is 5.81. The molecule has 0 aromatic rings. The Morgan fingerprint density at radius 2 is 2.44 bits per heavy atom. The minimum atomic E-state index is -0.128. The molecule has 0 spiro atoms. The predicted octanol–water partition coefficient (Wildman–Crippen LogP) is 2.26. The summed E-state index contributed by atoms with van der Waals surface area (Å²) in [4.78, 5) is 0. The van der Waals surface area contributed by atoms with Crippen LogP contribution in [0.2, 0.25) is 0 Å². The van der Waals surface area contributed by atoms with Crippen LogP contribution in [0.5, 0.6) is 0 Å². The first kappa shape index (κ1) is 6.40. The van der Waals surface area contributed by atoms with Crippen LogP contribution in [0.25, 0.3) is 0 Å². The lowest BCUT2D eigenvalue weighted by molar-refractivity contribution is 0.106. The van der Waals surface area contributed by atoms with Crippen molar-refractivity contribution in [3.8, 4) is 0 Å². The molecule has 50 valence electrons. The summed E-state index contributed by atoms with van der Waals surface area (Å²) in [6, 6.07) is 0. The number of hydrogen-bond donors (Lipinski definition) is 0. The van der Waals surface area contributed by atoms with Crippen LogP contribution in [0.3, 0.4) is 0 Å². The molecule has 1 nitrogen and oxygen atoms in total. The fourth-order valence-electron chi connectivity index (χ4n) is 0.963.